The molecule has 0 bridgehead atoms. The molecule has 0 spiro atoms. The maximum atomic E-state index is 11.6. The summed E-state index contributed by atoms with van der Waals surface area (Å²) >= 11 is 0. The van der Waals surface area contributed by atoms with E-state index in [1.54, 1.807) is 0 Å². The molecule has 1 atom stereocenters. The number of quaternary nitrogens is 1. The molecule has 0 saturated heterocycles. The second-order valence-corrected chi connectivity index (χ2v) is 13.4. The highest BCUT2D eigenvalue weighted by Crippen LogP contribution is 2.45. The van der Waals surface area contributed by atoms with Crippen molar-refractivity contribution in [1.82, 2.24) is 6.15 Å². The topological polar surface area (TPSA) is 265 Å². The minimum atomic E-state index is -4.78. The molecule has 1 unspecified atom stereocenters. The second-order valence-electron chi connectivity index (χ2n) is 6.25. The van der Waals surface area contributed by atoms with Crippen LogP contribution in [0.3, 0.4) is 0 Å². The van der Waals surface area contributed by atoms with Gasteiger partial charge in [-0.05, 0) is 0 Å². The van der Waals surface area contributed by atoms with E-state index in [0.717, 1.165) is 6.08 Å². The van der Waals surface area contributed by atoms with Crippen LogP contribution in [0.5, 0.6) is 0 Å². The minimum absolute atomic E-state index is 0. The van der Waals surface area contributed by atoms with Crippen molar-refractivity contribution in [2.24, 2.45) is 0 Å². The van der Waals surface area contributed by atoms with Gasteiger partial charge >= 0.3 is 30.4 Å². The maximum Gasteiger partial charge on any atom is 0.338 e. The third-order valence-electron chi connectivity index (χ3n) is 3.88. The third kappa shape index (κ3) is 14.3. The lowest BCUT2D eigenvalue weighted by Crippen LogP contribution is -2.56. The molecule has 0 fully saturated rings. The van der Waals surface area contributed by atoms with Gasteiger partial charge < -0.3 is 49.8 Å². The van der Waals surface area contributed by atoms with Gasteiger partial charge in [0.1, 0.15) is 5.66 Å². The van der Waals surface area contributed by atoms with Crippen molar-refractivity contribution < 1.29 is 61.9 Å². The Balaban J connectivity index is 0. The Morgan fingerprint density at radius 2 is 1.00 bits per heavy atom. The van der Waals surface area contributed by atoms with Crippen molar-refractivity contribution in [3.05, 3.63) is 12.7 Å². The van der Waals surface area contributed by atoms with E-state index in [4.69, 9.17) is 29.4 Å². The van der Waals surface area contributed by atoms with E-state index in [1.807, 2.05) is 0 Å². The number of hydrogen-bond donors (Lipinski definition) is 9. The Kier molecular flexibility index (Phi) is 12.0. The van der Waals surface area contributed by atoms with Gasteiger partial charge in [-0.2, -0.15) is 0 Å². The van der Waals surface area contributed by atoms with Gasteiger partial charge in [0.2, 0.25) is 0 Å². The second kappa shape index (κ2) is 11.0. The van der Waals surface area contributed by atoms with Gasteiger partial charge in [-0.1, -0.05) is 6.08 Å². The predicted molar refractivity (Wildman–Crippen MR) is 102 cm³/mol. The molecule has 0 aromatic rings. The summed E-state index contributed by atoms with van der Waals surface area (Å²) in [5.74, 6) is 0. The van der Waals surface area contributed by atoms with E-state index in [1.165, 1.54) is 0 Å². The zero-order valence-electron chi connectivity index (χ0n) is 15.0. The number of rotatable bonds is 13. The van der Waals surface area contributed by atoms with E-state index in [-0.39, 0.29) is 6.15 Å². The molecule has 0 aliphatic heterocycles. The van der Waals surface area contributed by atoms with Crippen LogP contribution >= 0.6 is 30.4 Å². The molecule has 0 aromatic heterocycles. The molecule has 0 amide bonds. The summed E-state index contributed by atoms with van der Waals surface area (Å²) < 4.78 is 44.6. The molecular formula is C10H29N2O12P4+. The molecule has 0 rings (SSSR count). The van der Waals surface area contributed by atoms with Crippen LogP contribution in [-0.4, -0.2) is 94.0 Å². The molecule has 0 radical (unpaired) electrons. The van der Waals surface area contributed by atoms with Gasteiger partial charge in [-0.15, -0.1) is 6.58 Å². The lowest BCUT2D eigenvalue weighted by Gasteiger charge is -2.41. The van der Waals surface area contributed by atoms with Crippen LogP contribution < -0.4 is 6.15 Å². The largest absolute Gasteiger partial charge is 0.344 e. The highest BCUT2D eigenvalue weighted by atomic mass is 31.2. The van der Waals surface area contributed by atoms with Crippen molar-refractivity contribution in [2.75, 3.05) is 44.7 Å². The molecule has 14 nitrogen and oxygen atoms in total. The highest BCUT2D eigenvalue weighted by Gasteiger charge is 2.40. The van der Waals surface area contributed by atoms with Crippen LogP contribution in [-0.2, 0) is 18.3 Å². The van der Waals surface area contributed by atoms with Gasteiger partial charge in [-0.3, -0.25) is 18.3 Å². The first-order chi connectivity index (χ1) is 11.8. The summed E-state index contributed by atoms with van der Waals surface area (Å²) in [7, 11) is -18.6. The standard InChI is InChI=1S/C10H25NO12P4.H3N/c1-2-10(27(21,22)23)9-11(3-6-24(12,13)14,4-7-25(15,16)17)5-8-26(18,19)20;/h2,10H,1,3-9H2,(H7-,12,13,14,15,16,17,18,19,20,21,22,23);1H3/p+1. The van der Waals surface area contributed by atoms with Crippen molar-refractivity contribution in [2.45, 2.75) is 5.66 Å². The molecule has 0 aliphatic carbocycles. The lowest BCUT2D eigenvalue weighted by molar-refractivity contribution is -0.921. The summed E-state index contributed by atoms with van der Waals surface area (Å²) in [5.41, 5.74) is -1.54. The van der Waals surface area contributed by atoms with E-state index in [0.29, 0.717) is 0 Å². The average molecular weight is 493 g/mol. The van der Waals surface area contributed by atoms with Crippen LogP contribution in [0.25, 0.3) is 0 Å². The number of hydrogen-bond acceptors (Lipinski definition) is 5. The first kappa shape index (κ1) is 30.5. The molecule has 0 saturated carbocycles. The quantitative estimate of drug-likeness (QED) is 0.0868. The molecule has 28 heavy (non-hydrogen) atoms. The van der Waals surface area contributed by atoms with Gasteiger partial charge in [-0.25, -0.2) is 0 Å². The summed E-state index contributed by atoms with van der Waals surface area (Å²) in [6.07, 6.45) is -1.53. The molecular weight excluding hydrogens is 464 g/mol. The van der Waals surface area contributed by atoms with Crippen LogP contribution in [0.2, 0.25) is 0 Å². The van der Waals surface area contributed by atoms with Gasteiger partial charge in [0.25, 0.3) is 0 Å². The van der Waals surface area contributed by atoms with Gasteiger partial charge in [0.05, 0.1) is 44.7 Å². The first-order valence-electron chi connectivity index (χ1n) is 7.45. The first-order valence-corrected chi connectivity index (χ1v) is 14.5. The van der Waals surface area contributed by atoms with Gasteiger partial charge in [0.15, 0.2) is 0 Å². The maximum absolute atomic E-state index is 11.6. The van der Waals surface area contributed by atoms with Crippen LogP contribution in [0.15, 0.2) is 12.7 Å². The van der Waals surface area contributed by atoms with Crippen LogP contribution in [0.4, 0.5) is 0 Å². The lowest BCUT2D eigenvalue weighted by atomic mass is 10.2. The van der Waals surface area contributed by atoms with Crippen molar-refractivity contribution >= 4 is 30.4 Å². The predicted octanol–water partition coefficient (Wildman–Crippen LogP) is -0.769. The van der Waals surface area contributed by atoms with Crippen LogP contribution in [0, 0.1) is 0 Å². The summed E-state index contributed by atoms with van der Waals surface area (Å²) in [6.45, 7) is 1.20. The Bertz CT molecular complexity index is 626. The van der Waals surface area contributed by atoms with E-state index in [9.17, 15) is 28.0 Å². The molecule has 11 N–H and O–H groups in total. The van der Waals surface area contributed by atoms with Crippen LogP contribution in [0.1, 0.15) is 0 Å². The fourth-order valence-corrected chi connectivity index (χ4v) is 5.24. The van der Waals surface area contributed by atoms with Crippen molar-refractivity contribution in [3.8, 4) is 0 Å². The molecule has 0 heterocycles. The average Bonchev–Trinajstić information content (AvgIpc) is 2.41. The highest BCUT2D eigenvalue weighted by molar-refractivity contribution is 7.53. The monoisotopic (exact) mass is 493 g/mol. The van der Waals surface area contributed by atoms with E-state index >= 15 is 0 Å². The fraction of sp³-hybridized carbons (Fsp3) is 0.800. The number of nitrogens with zero attached hydrogens (tertiary/aromatic N) is 1. The van der Waals surface area contributed by atoms with Gasteiger partial charge in [0, 0.05) is 0 Å². The Labute approximate surface area is 162 Å². The molecule has 0 aromatic carbocycles. The fourth-order valence-electron chi connectivity index (χ4n) is 2.35. The summed E-state index contributed by atoms with van der Waals surface area (Å²) in [4.78, 5) is 73.4. The normalized spacial score (nSPS) is 15.0. The zero-order valence-corrected chi connectivity index (χ0v) is 18.5. The smallest absolute Gasteiger partial charge is 0.338 e. The van der Waals surface area contributed by atoms with Crippen molar-refractivity contribution in [3.63, 3.8) is 0 Å². The third-order valence-corrected chi connectivity index (χ3v) is 7.46. The minimum Gasteiger partial charge on any atom is -0.344 e. The summed E-state index contributed by atoms with van der Waals surface area (Å²) in [5, 5.41) is 0. The molecule has 18 heteroatoms. The SMILES string of the molecule is C=CC(C[N+](CCP(=O)(O)O)(CCP(=O)(O)O)CCP(=O)(O)O)P(=O)(O)O.N. The van der Waals surface area contributed by atoms with Crippen molar-refractivity contribution in [1.29, 1.82) is 0 Å². The summed E-state index contributed by atoms with van der Waals surface area (Å²) in [6, 6.07) is 0. The zero-order chi connectivity index (χ0) is 21.7. The molecule has 0 aliphatic rings. The van der Waals surface area contributed by atoms with E-state index < -0.39 is 85.2 Å². The Morgan fingerprint density at radius 1 is 0.714 bits per heavy atom. The van der Waals surface area contributed by atoms with E-state index in [2.05, 4.69) is 6.58 Å². The Hall–Kier alpha value is 0.260. The molecule has 170 valence electrons. The Morgan fingerprint density at radius 3 is 1.18 bits per heavy atom.